The molecule has 2 heterocycles. The summed E-state index contributed by atoms with van der Waals surface area (Å²) in [5.41, 5.74) is 2.31. The van der Waals surface area contributed by atoms with Crippen LogP contribution in [0, 0.1) is 11.8 Å². The van der Waals surface area contributed by atoms with Gasteiger partial charge >= 0.3 is 11.9 Å². The zero-order valence-electron chi connectivity index (χ0n) is 18.8. The second-order valence-electron chi connectivity index (χ2n) is 8.02. The third kappa shape index (κ3) is 4.79. The first-order chi connectivity index (χ1) is 16.1. The van der Waals surface area contributed by atoms with Crippen LogP contribution in [0.3, 0.4) is 0 Å². The lowest BCUT2D eigenvalue weighted by molar-refractivity contribution is -0.150. The molecule has 2 aromatic rings. The third-order valence-electron chi connectivity index (χ3n) is 5.92. The Morgan fingerprint density at radius 3 is 2.39 bits per heavy atom. The summed E-state index contributed by atoms with van der Waals surface area (Å²) in [6.45, 7) is 2.60. The molecule has 2 aliphatic rings. The average Bonchev–Trinajstić information content (AvgIpc) is 3.14. The van der Waals surface area contributed by atoms with Gasteiger partial charge < -0.3 is 13.7 Å². The highest BCUT2D eigenvalue weighted by molar-refractivity contribution is 8.35. The smallest absolute Gasteiger partial charge is 0.332 e. The number of nitrogens with one attached hydrogen (secondary N) is 1. The summed E-state index contributed by atoms with van der Waals surface area (Å²) in [5, 5.41) is 3.73. The number of hydrogen-bond donors (Lipinski definition) is 1. The maximum absolute atomic E-state index is 12.3. The maximum Gasteiger partial charge on any atom is 0.441 e. The molecule has 2 aliphatic heterocycles. The fourth-order valence-electron chi connectivity index (χ4n) is 4.46. The normalized spacial score (nSPS) is 23.2. The van der Waals surface area contributed by atoms with E-state index in [0.717, 1.165) is 37.1 Å². The lowest BCUT2D eigenvalue weighted by Crippen LogP contribution is -2.52. The van der Waals surface area contributed by atoms with Gasteiger partial charge in [0.25, 0.3) is 0 Å². The summed E-state index contributed by atoms with van der Waals surface area (Å²) < 4.78 is 11.0. The number of benzene rings is 2. The first kappa shape index (κ1) is 23.7. The van der Waals surface area contributed by atoms with Gasteiger partial charge in [0.2, 0.25) is 0 Å². The molecule has 1 spiro atoms. The molecule has 33 heavy (non-hydrogen) atoms. The molecule has 0 amide bonds. The minimum Gasteiger partial charge on any atom is -0.332 e. The van der Waals surface area contributed by atoms with Crippen molar-refractivity contribution < 1.29 is 18.0 Å². The Labute approximate surface area is 201 Å². The lowest BCUT2D eigenvalue weighted by atomic mass is 10.0. The highest BCUT2D eigenvalue weighted by Gasteiger charge is 2.62. The van der Waals surface area contributed by atoms with Crippen LogP contribution in [-0.4, -0.2) is 36.0 Å². The van der Waals surface area contributed by atoms with Gasteiger partial charge in [0, 0.05) is 6.42 Å². The van der Waals surface area contributed by atoms with Gasteiger partial charge in [-0.05, 0) is 49.6 Å². The van der Waals surface area contributed by atoms with Crippen molar-refractivity contribution in [2.75, 3.05) is 18.1 Å². The minimum atomic E-state index is -2.50. The van der Waals surface area contributed by atoms with Crippen molar-refractivity contribution in [3.8, 4) is 11.8 Å². The fourth-order valence-corrected chi connectivity index (χ4v) is 10.3. The second-order valence-corrected chi connectivity index (χ2v) is 12.2. The number of aryl methyl sites for hydroxylation is 1. The second kappa shape index (κ2) is 10.7. The van der Waals surface area contributed by atoms with Crippen LogP contribution < -0.4 is 5.32 Å². The quantitative estimate of drug-likeness (QED) is 0.333. The molecule has 2 unspecified atom stereocenters. The van der Waals surface area contributed by atoms with Crippen molar-refractivity contribution in [2.24, 2.45) is 0 Å². The van der Waals surface area contributed by atoms with Gasteiger partial charge in [-0.25, -0.2) is 9.59 Å². The minimum absolute atomic E-state index is 0.151. The zero-order chi connectivity index (χ0) is 23.2. The van der Waals surface area contributed by atoms with E-state index in [0.29, 0.717) is 12.2 Å². The summed E-state index contributed by atoms with van der Waals surface area (Å²) in [5.74, 6) is 5.93. The van der Waals surface area contributed by atoms with Gasteiger partial charge in [0.05, 0.1) is 11.8 Å². The monoisotopic (exact) mass is 483 g/mol. The van der Waals surface area contributed by atoms with E-state index in [4.69, 9.17) is 8.37 Å². The van der Waals surface area contributed by atoms with E-state index in [-0.39, 0.29) is 6.04 Å². The maximum atomic E-state index is 12.3. The number of carbonyl (C=O) groups excluding carboxylic acids is 2. The Balaban J connectivity index is 1.67. The molecule has 0 aromatic heterocycles. The third-order valence-corrected chi connectivity index (χ3v) is 11.6. The Hall–Kier alpha value is -2.40. The van der Waals surface area contributed by atoms with Crippen LogP contribution in [0.2, 0.25) is 0 Å². The topological polar surface area (TPSA) is 64.6 Å². The van der Waals surface area contributed by atoms with Crippen molar-refractivity contribution in [2.45, 2.75) is 42.7 Å². The molecule has 4 rings (SSSR count). The molecule has 7 heteroatoms. The first-order valence-corrected chi connectivity index (χ1v) is 13.9. The van der Waals surface area contributed by atoms with Crippen molar-refractivity contribution in [1.29, 1.82) is 0 Å². The van der Waals surface area contributed by atoms with Gasteiger partial charge in [-0.3, -0.25) is 0 Å². The van der Waals surface area contributed by atoms with Gasteiger partial charge in [-0.1, -0.05) is 71.3 Å². The van der Waals surface area contributed by atoms with E-state index in [1.807, 2.05) is 43.3 Å². The van der Waals surface area contributed by atoms with Crippen LogP contribution in [0.1, 0.15) is 37.3 Å². The van der Waals surface area contributed by atoms with Crippen LogP contribution >= 0.6 is 22.4 Å². The first-order valence-electron chi connectivity index (χ1n) is 11.3. The molecule has 0 radical (unpaired) electrons. The number of thioether (sulfide) groups is 1. The van der Waals surface area contributed by atoms with Crippen molar-refractivity contribution in [3.05, 3.63) is 71.8 Å². The summed E-state index contributed by atoms with van der Waals surface area (Å²) in [4.78, 5) is 24.6. The molecule has 2 aromatic carbocycles. The highest BCUT2D eigenvalue weighted by atomic mass is 32.3. The van der Waals surface area contributed by atoms with Crippen molar-refractivity contribution in [3.63, 3.8) is 0 Å². The van der Waals surface area contributed by atoms with Crippen molar-refractivity contribution in [1.82, 2.24) is 5.32 Å². The molecule has 2 atom stereocenters. The molecule has 2 fully saturated rings. The summed E-state index contributed by atoms with van der Waals surface area (Å²) >= 11 is 1.73. The van der Waals surface area contributed by atoms with E-state index in [1.54, 1.807) is 11.8 Å². The van der Waals surface area contributed by atoms with Gasteiger partial charge in [0.1, 0.15) is 0 Å². The van der Waals surface area contributed by atoms with Crippen LogP contribution in [0.5, 0.6) is 0 Å². The van der Waals surface area contributed by atoms with E-state index in [2.05, 4.69) is 41.4 Å². The predicted octanol–water partition coefficient (Wildman–Crippen LogP) is 4.72. The van der Waals surface area contributed by atoms with Gasteiger partial charge in [-0.15, -0.1) is 23.6 Å². The molecule has 5 nitrogen and oxygen atoms in total. The van der Waals surface area contributed by atoms with Crippen LogP contribution in [0.25, 0.3) is 0 Å². The molecular formula is C26H29NO4S2. The Bertz CT molecular complexity index is 1020. The highest BCUT2D eigenvalue weighted by Crippen LogP contribution is 2.76. The molecule has 174 valence electrons. The summed E-state index contributed by atoms with van der Waals surface area (Å²) in [7, 11) is -2.50. The van der Waals surface area contributed by atoms with Crippen LogP contribution in [0.4, 0.5) is 0 Å². The van der Waals surface area contributed by atoms with Gasteiger partial charge in [0.15, 0.2) is 4.08 Å². The van der Waals surface area contributed by atoms with E-state index in [1.165, 1.54) is 5.56 Å². The Morgan fingerprint density at radius 2 is 1.73 bits per heavy atom. The largest absolute Gasteiger partial charge is 0.441 e. The van der Waals surface area contributed by atoms with Crippen LogP contribution in [-0.2, 0) is 28.5 Å². The number of carbonyl (C=O) groups is 2. The standard InChI is InChI=1S/C26H29NO4S2/c1-2-3-17-23(27-18-10-14-21-12-6-4-7-13-21)26(22-15-8-5-9-16-22)32-19-11-20-33(26)30-24(28)25(29)31-33/h4-9,12-13,15-16,23,27H,10-11,14,17-20H2,1H3. The zero-order valence-corrected chi connectivity index (χ0v) is 20.4. The fraction of sp³-hybridized carbons (Fsp3) is 0.385. The average molecular weight is 484 g/mol. The molecule has 0 saturated carbocycles. The molecule has 0 aliphatic carbocycles. The van der Waals surface area contributed by atoms with E-state index >= 15 is 0 Å². The van der Waals surface area contributed by atoms with Gasteiger partial charge in [-0.2, -0.15) is 0 Å². The van der Waals surface area contributed by atoms with Crippen molar-refractivity contribution >= 4 is 34.3 Å². The molecule has 2 saturated heterocycles. The Kier molecular flexibility index (Phi) is 7.69. The lowest BCUT2D eigenvalue weighted by Gasteiger charge is -2.57. The Morgan fingerprint density at radius 1 is 1.06 bits per heavy atom. The number of hydrogen-bond acceptors (Lipinski definition) is 6. The molecular weight excluding hydrogens is 454 g/mol. The number of rotatable bonds is 8. The van der Waals surface area contributed by atoms with Crippen LogP contribution in [0.15, 0.2) is 60.7 Å². The van der Waals surface area contributed by atoms with E-state index in [9.17, 15) is 9.59 Å². The molecule has 0 bridgehead atoms. The SMILES string of the molecule is CC#CCC(NCCCc1ccccc1)C1(c2ccccc2)SCCCS12OC(=O)C(=O)O2. The summed E-state index contributed by atoms with van der Waals surface area (Å²) in [6, 6.07) is 20.3. The molecule has 1 N–H and O–H groups in total. The predicted molar refractivity (Wildman–Crippen MR) is 134 cm³/mol. The van der Waals surface area contributed by atoms with E-state index < -0.39 is 26.6 Å². The summed E-state index contributed by atoms with van der Waals surface area (Å²) in [6.07, 6.45) is 3.31.